The third-order valence-electron chi connectivity index (χ3n) is 2.59. The minimum absolute atomic E-state index is 0.519. The molecule has 0 saturated carbocycles. The quantitative estimate of drug-likeness (QED) is 0.863. The van der Waals surface area contributed by atoms with Crippen molar-refractivity contribution in [1.82, 2.24) is 4.98 Å². The number of nitrogens with two attached hydrogens (primary N) is 1. The normalized spacial score (nSPS) is 13.3. The van der Waals surface area contributed by atoms with E-state index in [0.29, 0.717) is 5.92 Å². The molecule has 0 spiro atoms. The van der Waals surface area contributed by atoms with Crippen molar-refractivity contribution < 1.29 is 0 Å². The third kappa shape index (κ3) is 2.19. The summed E-state index contributed by atoms with van der Waals surface area (Å²) in [6.45, 7) is 5.01. The van der Waals surface area contributed by atoms with E-state index in [9.17, 15) is 0 Å². The van der Waals surface area contributed by atoms with Crippen LogP contribution < -0.4 is 5.73 Å². The molecule has 15 heavy (non-hydrogen) atoms. The molecule has 0 radical (unpaired) electrons. The van der Waals surface area contributed by atoms with Gasteiger partial charge in [0.2, 0.25) is 0 Å². The topological polar surface area (TPSA) is 38.9 Å². The van der Waals surface area contributed by atoms with Crippen LogP contribution in [0.15, 0.2) is 18.2 Å². The second-order valence-corrected chi connectivity index (χ2v) is 5.19. The Kier molecular flexibility index (Phi) is 3.03. The van der Waals surface area contributed by atoms with Crippen molar-refractivity contribution >= 4 is 21.6 Å². The predicted molar refractivity (Wildman–Crippen MR) is 66.3 cm³/mol. The lowest BCUT2D eigenvalue weighted by Crippen LogP contribution is -2.12. The molecule has 1 aromatic carbocycles. The standard InChI is InChI=1S/C12H16N2S/c1-8(7-13)6-11-14-12-9(2)4-3-5-10(12)15-11/h3-5,8H,6-7,13H2,1-2H3. The Balaban J connectivity index is 2.35. The van der Waals surface area contributed by atoms with E-state index in [2.05, 4.69) is 37.0 Å². The summed E-state index contributed by atoms with van der Waals surface area (Å²) in [6, 6.07) is 6.33. The van der Waals surface area contributed by atoms with Gasteiger partial charge in [-0.05, 0) is 31.0 Å². The van der Waals surface area contributed by atoms with E-state index in [-0.39, 0.29) is 0 Å². The average molecular weight is 220 g/mol. The second kappa shape index (κ2) is 4.29. The molecule has 2 aromatic rings. The van der Waals surface area contributed by atoms with Crippen LogP contribution >= 0.6 is 11.3 Å². The highest BCUT2D eigenvalue weighted by Crippen LogP contribution is 2.25. The van der Waals surface area contributed by atoms with Crippen LogP contribution in [-0.2, 0) is 6.42 Å². The molecule has 2 N–H and O–H groups in total. The zero-order valence-corrected chi connectivity index (χ0v) is 9.97. The summed E-state index contributed by atoms with van der Waals surface area (Å²) < 4.78 is 1.29. The van der Waals surface area contributed by atoms with Crippen molar-refractivity contribution in [3.8, 4) is 0 Å². The summed E-state index contributed by atoms with van der Waals surface area (Å²) in [4.78, 5) is 4.66. The minimum Gasteiger partial charge on any atom is -0.330 e. The fourth-order valence-electron chi connectivity index (χ4n) is 1.60. The molecule has 0 aliphatic rings. The van der Waals surface area contributed by atoms with Crippen LogP contribution in [0.2, 0.25) is 0 Å². The van der Waals surface area contributed by atoms with Gasteiger partial charge in [0.15, 0.2) is 0 Å². The monoisotopic (exact) mass is 220 g/mol. The van der Waals surface area contributed by atoms with Crippen molar-refractivity contribution in [2.24, 2.45) is 11.7 Å². The number of para-hydroxylation sites is 1. The van der Waals surface area contributed by atoms with Crippen LogP contribution in [0.3, 0.4) is 0 Å². The van der Waals surface area contributed by atoms with Crippen LogP contribution in [0.4, 0.5) is 0 Å². The first-order valence-electron chi connectivity index (χ1n) is 5.26. The predicted octanol–water partition coefficient (Wildman–Crippen LogP) is 2.74. The molecular weight excluding hydrogens is 204 g/mol. The summed E-state index contributed by atoms with van der Waals surface area (Å²) in [6.07, 6.45) is 0.995. The molecule has 2 rings (SSSR count). The third-order valence-corrected chi connectivity index (χ3v) is 3.63. The number of fused-ring (bicyclic) bond motifs is 1. The van der Waals surface area contributed by atoms with E-state index in [1.54, 1.807) is 11.3 Å². The van der Waals surface area contributed by atoms with Gasteiger partial charge in [-0.25, -0.2) is 4.98 Å². The van der Waals surface area contributed by atoms with Gasteiger partial charge in [-0.1, -0.05) is 19.1 Å². The van der Waals surface area contributed by atoms with Crippen molar-refractivity contribution in [2.45, 2.75) is 20.3 Å². The lowest BCUT2D eigenvalue weighted by atomic mass is 10.1. The highest BCUT2D eigenvalue weighted by Gasteiger charge is 2.08. The minimum atomic E-state index is 0.519. The molecule has 0 amide bonds. The first-order valence-corrected chi connectivity index (χ1v) is 6.07. The molecule has 2 nitrogen and oxygen atoms in total. The first kappa shape index (κ1) is 10.6. The molecule has 0 saturated heterocycles. The molecule has 0 fully saturated rings. The zero-order valence-electron chi connectivity index (χ0n) is 9.16. The number of aromatic nitrogens is 1. The lowest BCUT2D eigenvalue weighted by molar-refractivity contribution is 0.592. The first-order chi connectivity index (χ1) is 7.20. The Hall–Kier alpha value is -0.930. The van der Waals surface area contributed by atoms with Gasteiger partial charge in [0.05, 0.1) is 15.2 Å². The Bertz CT molecular complexity index is 462. The maximum atomic E-state index is 5.62. The van der Waals surface area contributed by atoms with Gasteiger partial charge in [0.25, 0.3) is 0 Å². The summed E-state index contributed by atoms with van der Waals surface area (Å²) >= 11 is 1.79. The van der Waals surface area contributed by atoms with Gasteiger partial charge in [-0.15, -0.1) is 11.3 Å². The van der Waals surface area contributed by atoms with Crippen molar-refractivity contribution in [1.29, 1.82) is 0 Å². The molecule has 3 heteroatoms. The SMILES string of the molecule is Cc1cccc2sc(CC(C)CN)nc12. The number of hydrogen-bond acceptors (Lipinski definition) is 3. The fourth-order valence-corrected chi connectivity index (χ4v) is 2.81. The fraction of sp³-hybridized carbons (Fsp3) is 0.417. The molecule has 1 heterocycles. The number of thiazole rings is 1. The van der Waals surface area contributed by atoms with Crippen LogP contribution in [0.25, 0.3) is 10.2 Å². The number of nitrogens with zero attached hydrogens (tertiary/aromatic N) is 1. The second-order valence-electron chi connectivity index (χ2n) is 4.07. The van der Waals surface area contributed by atoms with Crippen molar-refractivity contribution in [3.05, 3.63) is 28.8 Å². The Morgan fingerprint density at radius 1 is 1.47 bits per heavy atom. The molecule has 0 aliphatic carbocycles. The summed E-state index contributed by atoms with van der Waals surface area (Å²) in [7, 11) is 0. The molecule has 0 aliphatic heterocycles. The van der Waals surface area contributed by atoms with E-state index in [0.717, 1.165) is 18.5 Å². The van der Waals surface area contributed by atoms with E-state index in [4.69, 9.17) is 5.73 Å². The van der Waals surface area contributed by atoms with Crippen molar-refractivity contribution in [2.75, 3.05) is 6.54 Å². The van der Waals surface area contributed by atoms with Gasteiger partial charge in [-0.2, -0.15) is 0 Å². The van der Waals surface area contributed by atoms with Gasteiger partial charge in [-0.3, -0.25) is 0 Å². The molecular formula is C12H16N2S. The molecule has 1 unspecified atom stereocenters. The Labute approximate surface area is 94.1 Å². The molecule has 80 valence electrons. The highest BCUT2D eigenvalue weighted by atomic mass is 32.1. The van der Waals surface area contributed by atoms with Crippen LogP contribution in [0, 0.1) is 12.8 Å². The number of benzene rings is 1. The number of hydrogen-bond donors (Lipinski definition) is 1. The molecule has 1 atom stereocenters. The Morgan fingerprint density at radius 2 is 2.27 bits per heavy atom. The molecule has 0 bridgehead atoms. The molecule has 1 aromatic heterocycles. The number of rotatable bonds is 3. The van der Waals surface area contributed by atoms with Crippen LogP contribution in [0.5, 0.6) is 0 Å². The van der Waals surface area contributed by atoms with E-state index < -0.39 is 0 Å². The number of aryl methyl sites for hydroxylation is 1. The zero-order chi connectivity index (χ0) is 10.8. The van der Waals surface area contributed by atoms with E-state index in [1.165, 1.54) is 15.3 Å². The lowest BCUT2D eigenvalue weighted by Gasteiger charge is -2.03. The van der Waals surface area contributed by atoms with Crippen LogP contribution in [-0.4, -0.2) is 11.5 Å². The van der Waals surface area contributed by atoms with Gasteiger partial charge in [0.1, 0.15) is 0 Å². The van der Waals surface area contributed by atoms with Crippen LogP contribution in [0.1, 0.15) is 17.5 Å². The maximum absolute atomic E-state index is 5.62. The van der Waals surface area contributed by atoms with E-state index >= 15 is 0 Å². The van der Waals surface area contributed by atoms with E-state index in [1.807, 2.05) is 0 Å². The maximum Gasteiger partial charge on any atom is 0.0941 e. The van der Waals surface area contributed by atoms with Gasteiger partial charge >= 0.3 is 0 Å². The van der Waals surface area contributed by atoms with Gasteiger partial charge in [0, 0.05) is 6.42 Å². The average Bonchev–Trinajstić information content (AvgIpc) is 2.62. The van der Waals surface area contributed by atoms with Gasteiger partial charge < -0.3 is 5.73 Å². The summed E-state index contributed by atoms with van der Waals surface area (Å²) in [5.74, 6) is 0.519. The smallest absolute Gasteiger partial charge is 0.0941 e. The largest absolute Gasteiger partial charge is 0.330 e. The Morgan fingerprint density at radius 3 is 2.93 bits per heavy atom. The highest BCUT2D eigenvalue weighted by molar-refractivity contribution is 7.18. The summed E-state index contributed by atoms with van der Waals surface area (Å²) in [5, 5.41) is 1.21. The van der Waals surface area contributed by atoms with Crippen molar-refractivity contribution in [3.63, 3.8) is 0 Å². The summed E-state index contributed by atoms with van der Waals surface area (Å²) in [5.41, 5.74) is 8.03.